The van der Waals surface area contributed by atoms with Crippen molar-refractivity contribution in [2.75, 3.05) is 11.9 Å². The van der Waals surface area contributed by atoms with E-state index < -0.39 is 5.60 Å². The first-order valence-corrected chi connectivity index (χ1v) is 8.92. The number of nitrogens with zero attached hydrogens (tertiary/aromatic N) is 2. The molecule has 0 aliphatic heterocycles. The normalized spacial score (nSPS) is 17.7. The van der Waals surface area contributed by atoms with Crippen LogP contribution in [0.4, 0.5) is 10.6 Å². The second-order valence-corrected chi connectivity index (χ2v) is 6.90. The lowest BCUT2D eigenvalue weighted by Gasteiger charge is -2.25. The zero-order valence-electron chi connectivity index (χ0n) is 14.6. The van der Waals surface area contributed by atoms with Crippen LogP contribution in [0.15, 0.2) is 42.6 Å². The van der Waals surface area contributed by atoms with Gasteiger partial charge in [0.15, 0.2) is 0 Å². The summed E-state index contributed by atoms with van der Waals surface area (Å²) in [4.78, 5) is 12.2. The van der Waals surface area contributed by atoms with E-state index in [0.717, 1.165) is 18.4 Å². The third-order valence-corrected chi connectivity index (χ3v) is 4.82. The second kappa shape index (κ2) is 7.70. The van der Waals surface area contributed by atoms with Gasteiger partial charge in [-0.3, -0.25) is 5.32 Å². The van der Waals surface area contributed by atoms with Crippen LogP contribution in [0.1, 0.15) is 50.6 Å². The average molecular weight is 342 g/mol. The van der Waals surface area contributed by atoms with Crippen molar-refractivity contribution in [2.24, 2.45) is 0 Å². The molecule has 6 heteroatoms. The summed E-state index contributed by atoms with van der Waals surface area (Å²) >= 11 is 0. The van der Waals surface area contributed by atoms with Crippen LogP contribution >= 0.6 is 0 Å². The summed E-state index contributed by atoms with van der Waals surface area (Å²) in [6.45, 7) is 1.81. The monoisotopic (exact) mass is 342 g/mol. The summed E-state index contributed by atoms with van der Waals surface area (Å²) in [6, 6.07) is 11.1. The highest BCUT2D eigenvalue weighted by Gasteiger charge is 2.24. The molecule has 3 N–H and O–H groups in total. The second-order valence-electron chi connectivity index (χ2n) is 6.90. The molecule has 25 heavy (non-hydrogen) atoms. The van der Waals surface area contributed by atoms with Gasteiger partial charge in [-0.15, -0.1) is 0 Å². The quantitative estimate of drug-likeness (QED) is 0.779. The van der Waals surface area contributed by atoms with Crippen molar-refractivity contribution in [1.82, 2.24) is 15.1 Å². The summed E-state index contributed by atoms with van der Waals surface area (Å²) in [5, 5.41) is 20.5. The van der Waals surface area contributed by atoms with Gasteiger partial charge in [0.25, 0.3) is 0 Å². The Bertz CT molecular complexity index is 690. The van der Waals surface area contributed by atoms with Crippen molar-refractivity contribution < 1.29 is 9.90 Å². The van der Waals surface area contributed by atoms with Crippen LogP contribution in [-0.2, 0) is 5.60 Å². The summed E-state index contributed by atoms with van der Waals surface area (Å²) in [6.07, 6.45) is 7.59. The Kier molecular flexibility index (Phi) is 5.38. The Hall–Kier alpha value is -2.34. The van der Waals surface area contributed by atoms with Crippen LogP contribution in [0, 0.1) is 0 Å². The minimum Gasteiger partial charge on any atom is -0.384 e. The molecule has 6 nitrogen and oxygen atoms in total. The Balaban J connectivity index is 1.57. The van der Waals surface area contributed by atoms with Gasteiger partial charge in [-0.25, -0.2) is 9.48 Å². The standard InChI is InChI=1S/C19H26N4O2/c1-19(25,15-8-4-2-5-9-15)14-20-18(24)22-17-12-13-21-23(17)16-10-6-3-7-11-16/h2,4-5,8-9,12-13,16,25H,3,6-7,10-11,14H2,1H3,(H2,20,22,24). The molecular formula is C19H26N4O2. The molecule has 1 aliphatic rings. The molecule has 0 spiro atoms. The fraction of sp³-hybridized carbons (Fsp3) is 0.474. The molecule has 1 aromatic heterocycles. The van der Waals surface area contributed by atoms with E-state index in [4.69, 9.17) is 0 Å². The van der Waals surface area contributed by atoms with Gasteiger partial charge in [-0.1, -0.05) is 49.6 Å². The van der Waals surface area contributed by atoms with Crippen molar-refractivity contribution >= 4 is 11.8 Å². The highest BCUT2D eigenvalue weighted by Crippen LogP contribution is 2.29. The molecule has 1 fully saturated rings. The van der Waals surface area contributed by atoms with Gasteiger partial charge in [-0.2, -0.15) is 5.10 Å². The zero-order chi connectivity index (χ0) is 17.7. The number of benzene rings is 1. The number of anilines is 1. The molecule has 1 saturated carbocycles. The minimum atomic E-state index is -1.12. The number of amides is 2. The van der Waals surface area contributed by atoms with E-state index in [1.165, 1.54) is 19.3 Å². The van der Waals surface area contributed by atoms with Crippen LogP contribution in [0.5, 0.6) is 0 Å². The Labute approximate surface area is 148 Å². The lowest BCUT2D eigenvalue weighted by molar-refractivity contribution is 0.0599. The number of urea groups is 1. The summed E-state index contributed by atoms with van der Waals surface area (Å²) in [5.74, 6) is 0.698. The summed E-state index contributed by atoms with van der Waals surface area (Å²) in [5.41, 5.74) is -0.357. The third-order valence-electron chi connectivity index (χ3n) is 4.82. The molecule has 2 aromatic rings. The molecular weight excluding hydrogens is 316 g/mol. The molecule has 1 heterocycles. The maximum absolute atomic E-state index is 12.2. The van der Waals surface area contributed by atoms with Crippen molar-refractivity contribution in [3.8, 4) is 0 Å². The number of carbonyl (C=O) groups excluding carboxylic acids is 1. The van der Waals surface area contributed by atoms with E-state index in [1.54, 1.807) is 13.1 Å². The number of hydrogen-bond donors (Lipinski definition) is 3. The van der Waals surface area contributed by atoms with Gasteiger partial charge in [0.2, 0.25) is 0 Å². The van der Waals surface area contributed by atoms with Gasteiger partial charge >= 0.3 is 6.03 Å². The van der Waals surface area contributed by atoms with Gasteiger partial charge < -0.3 is 10.4 Å². The summed E-state index contributed by atoms with van der Waals surface area (Å²) < 4.78 is 1.91. The van der Waals surface area contributed by atoms with Crippen molar-refractivity contribution in [3.05, 3.63) is 48.2 Å². The first-order valence-electron chi connectivity index (χ1n) is 8.92. The molecule has 1 aliphatic carbocycles. The Morgan fingerprint density at radius 1 is 1.24 bits per heavy atom. The number of carbonyl (C=O) groups is 1. The van der Waals surface area contributed by atoms with E-state index in [-0.39, 0.29) is 12.6 Å². The first kappa shape index (κ1) is 17.5. The predicted molar refractivity (Wildman–Crippen MR) is 97.4 cm³/mol. The largest absolute Gasteiger partial charge is 0.384 e. The Morgan fingerprint density at radius 3 is 2.68 bits per heavy atom. The zero-order valence-corrected chi connectivity index (χ0v) is 14.6. The number of aromatic nitrogens is 2. The smallest absolute Gasteiger partial charge is 0.320 e. The number of nitrogens with one attached hydrogen (secondary N) is 2. The molecule has 1 aromatic carbocycles. The lowest BCUT2D eigenvalue weighted by atomic mass is 9.96. The Morgan fingerprint density at radius 2 is 1.96 bits per heavy atom. The third kappa shape index (κ3) is 4.39. The minimum absolute atomic E-state index is 0.125. The molecule has 134 valence electrons. The van der Waals surface area contributed by atoms with Gasteiger partial charge in [-0.05, 0) is 25.3 Å². The SMILES string of the molecule is CC(O)(CNC(=O)Nc1ccnn1C1CCCCC1)c1ccccc1. The predicted octanol–water partition coefficient (Wildman–Crippen LogP) is 3.42. The number of rotatable bonds is 5. The van der Waals surface area contributed by atoms with Crippen molar-refractivity contribution in [3.63, 3.8) is 0 Å². The fourth-order valence-corrected chi connectivity index (χ4v) is 3.34. The van der Waals surface area contributed by atoms with Crippen LogP contribution in [0.2, 0.25) is 0 Å². The highest BCUT2D eigenvalue weighted by molar-refractivity contribution is 5.88. The fourth-order valence-electron chi connectivity index (χ4n) is 3.34. The van der Waals surface area contributed by atoms with E-state index in [0.29, 0.717) is 11.9 Å². The van der Waals surface area contributed by atoms with E-state index in [1.807, 2.05) is 41.1 Å². The van der Waals surface area contributed by atoms with Crippen LogP contribution in [0.25, 0.3) is 0 Å². The summed E-state index contributed by atoms with van der Waals surface area (Å²) in [7, 11) is 0. The lowest BCUT2D eigenvalue weighted by Crippen LogP contribution is -2.40. The molecule has 2 amide bonds. The van der Waals surface area contributed by atoms with Crippen LogP contribution in [-0.4, -0.2) is 27.5 Å². The highest BCUT2D eigenvalue weighted by atomic mass is 16.3. The van der Waals surface area contributed by atoms with E-state index in [9.17, 15) is 9.90 Å². The topological polar surface area (TPSA) is 79.2 Å². The number of hydrogen-bond acceptors (Lipinski definition) is 3. The maximum atomic E-state index is 12.2. The molecule has 1 unspecified atom stereocenters. The van der Waals surface area contributed by atoms with Crippen LogP contribution in [0.3, 0.4) is 0 Å². The van der Waals surface area contributed by atoms with Gasteiger partial charge in [0, 0.05) is 6.07 Å². The maximum Gasteiger partial charge on any atom is 0.320 e. The molecule has 1 atom stereocenters. The molecule has 0 bridgehead atoms. The van der Waals surface area contributed by atoms with E-state index in [2.05, 4.69) is 15.7 Å². The molecule has 0 saturated heterocycles. The number of aliphatic hydroxyl groups is 1. The molecule has 0 radical (unpaired) electrons. The first-order chi connectivity index (χ1) is 12.1. The van der Waals surface area contributed by atoms with Crippen molar-refractivity contribution in [1.29, 1.82) is 0 Å². The van der Waals surface area contributed by atoms with Gasteiger partial charge in [0.05, 0.1) is 18.8 Å². The van der Waals surface area contributed by atoms with E-state index >= 15 is 0 Å². The average Bonchev–Trinajstić information content (AvgIpc) is 3.10. The van der Waals surface area contributed by atoms with Crippen LogP contribution < -0.4 is 10.6 Å². The van der Waals surface area contributed by atoms with Crippen molar-refractivity contribution in [2.45, 2.75) is 50.7 Å². The molecule has 3 rings (SSSR count). The van der Waals surface area contributed by atoms with Gasteiger partial charge in [0.1, 0.15) is 11.4 Å².